The Morgan fingerprint density at radius 1 is 0.713 bits per heavy atom. The van der Waals surface area contributed by atoms with E-state index in [-0.39, 0.29) is 43.6 Å². The number of carbonyl (C=O) groups is 9. The maximum atomic E-state index is 15.1. The number of likely N-dealkylation sites (N-methyl/N-ethyl adjacent to an activating group) is 1. The third kappa shape index (κ3) is 16.9. The summed E-state index contributed by atoms with van der Waals surface area (Å²) in [6.45, 7) is 6.33. The zero-order valence-corrected chi connectivity index (χ0v) is 45.7. The minimum atomic E-state index is -1.93. The molecule has 2 saturated heterocycles. The zero-order chi connectivity index (χ0) is 59.0. The first kappa shape index (κ1) is 63.2. The Kier molecular flexibility index (Phi) is 23.3. The number of carbonyl (C=O) groups excluding carboxylic acids is 9. The lowest BCUT2D eigenvalue weighted by atomic mass is 9.95. The van der Waals surface area contributed by atoms with Crippen molar-refractivity contribution in [2.24, 2.45) is 11.8 Å². The predicted molar refractivity (Wildman–Crippen MR) is 287 cm³/mol. The van der Waals surface area contributed by atoms with Crippen molar-refractivity contribution in [1.82, 2.24) is 41.7 Å². The van der Waals surface area contributed by atoms with Gasteiger partial charge < -0.3 is 77.1 Å². The minimum Gasteiger partial charge on any atom is -0.508 e. The standard InChI is InChI=1S/C56H76N8O16/c1-7-31(4)46(61-51(74)43(69)29-35-15-19-37(68)20-16-35)52(75)57-39(24-26-66)49(72)62-47-32(5)80-56(79)45(30(2)3)60-50(73)41(27-34-13-17-36(67)18-14-34)63(6)55(78)42(28-33-11-9-8-10-12-33)64-44(70)22-21-40(54(64)77)59-48(71)38(23-25-65)58-53(47)76/h8-20,30-32,38-47,65-70H,7,21-29H2,1-6H3,(H,57,75)(H,58,76)(H,59,71)(H,60,73)(H,61,74)(H,62,72)/t31?,32-,38+,39+,40?,41+,42+,43+,44?,45+,46+,47+/m1/s1. The molecule has 0 aliphatic carbocycles. The monoisotopic (exact) mass is 1120 g/mol. The first-order valence-electron chi connectivity index (χ1n) is 26.8. The van der Waals surface area contributed by atoms with Crippen LogP contribution in [0.15, 0.2) is 78.9 Å². The molecule has 5 rings (SSSR count). The van der Waals surface area contributed by atoms with Crippen molar-refractivity contribution in [2.75, 3.05) is 20.3 Å². The summed E-state index contributed by atoms with van der Waals surface area (Å²) in [4.78, 5) is 131. The van der Waals surface area contributed by atoms with Crippen LogP contribution in [0.1, 0.15) is 83.4 Å². The molecular formula is C56H76N8O16. The first-order chi connectivity index (χ1) is 38.0. The molecule has 2 heterocycles. The van der Waals surface area contributed by atoms with Gasteiger partial charge in [-0.15, -0.1) is 0 Å². The van der Waals surface area contributed by atoms with Gasteiger partial charge in [0.25, 0.3) is 0 Å². The van der Waals surface area contributed by atoms with Gasteiger partial charge in [-0.25, -0.2) is 4.79 Å². The molecule has 2 aliphatic heterocycles. The number of aliphatic hydroxyl groups excluding tert-OH is 4. The number of nitrogens with one attached hydrogen (secondary N) is 6. The highest BCUT2D eigenvalue weighted by Crippen LogP contribution is 2.26. The lowest BCUT2D eigenvalue weighted by molar-refractivity contribution is -0.165. The van der Waals surface area contributed by atoms with Gasteiger partial charge in [-0.05, 0) is 85.4 Å². The summed E-state index contributed by atoms with van der Waals surface area (Å²) < 4.78 is 5.86. The molecule has 8 amide bonds. The molecule has 12 N–H and O–H groups in total. The molecule has 2 bridgehead atoms. The molecule has 24 heteroatoms. The Bertz CT molecular complexity index is 2630. The number of ether oxygens (including phenoxy) is 1. The van der Waals surface area contributed by atoms with E-state index in [4.69, 9.17) is 4.74 Å². The Morgan fingerprint density at radius 3 is 1.90 bits per heavy atom. The van der Waals surface area contributed by atoms with Crippen LogP contribution in [0.2, 0.25) is 0 Å². The third-order valence-corrected chi connectivity index (χ3v) is 14.4. The first-order valence-corrected chi connectivity index (χ1v) is 26.8. The Morgan fingerprint density at radius 2 is 1.31 bits per heavy atom. The minimum absolute atomic E-state index is 0.0304. The number of cyclic esters (lactones) is 1. The van der Waals surface area contributed by atoms with Crippen molar-refractivity contribution in [3.63, 3.8) is 0 Å². The van der Waals surface area contributed by atoms with E-state index in [1.54, 1.807) is 58.0 Å². The topological polar surface area (TPSA) is 363 Å². The van der Waals surface area contributed by atoms with E-state index < -0.39 is 158 Å². The fraction of sp³-hybridized carbons (Fsp3) is 0.518. The van der Waals surface area contributed by atoms with Crippen LogP contribution in [0.3, 0.4) is 0 Å². The van der Waals surface area contributed by atoms with Crippen LogP contribution in [0.5, 0.6) is 11.5 Å². The van der Waals surface area contributed by atoms with Crippen LogP contribution in [-0.2, 0) is 67.2 Å². The van der Waals surface area contributed by atoms with Crippen molar-refractivity contribution < 1.29 is 78.5 Å². The SMILES string of the molecule is CCC(C)[C@H](NC(=O)[C@@H](O)Cc1ccc(O)cc1)C(=O)N[C@@H](CCO)C(=O)N[C@@H]1C(=O)N[C@@H](CCO)C(=O)NC2CCC(O)N(C2=O)[C@@H](Cc2ccccc2)C(=O)N(C)[C@@H](Cc2ccc(O)cc2)C(=O)N[C@@H](C(C)C)C(=O)O[C@@H]1C. The van der Waals surface area contributed by atoms with Crippen LogP contribution in [-0.4, -0.2) is 181 Å². The summed E-state index contributed by atoms with van der Waals surface area (Å²) in [6, 6.07) is 7.70. The molecule has 3 aromatic carbocycles. The van der Waals surface area contributed by atoms with Gasteiger partial charge in [0.05, 0.1) is 0 Å². The number of phenolic OH excluding ortho intramolecular Hbond substituents is 2. The second-order valence-electron chi connectivity index (χ2n) is 20.7. The molecule has 0 aromatic heterocycles. The fourth-order valence-corrected chi connectivity index (χ4v) is 9.40. The van der Waals surface area contributed by atoms with Crippen molar-refractivity contribution in [3.8, 4) is 11.5 Å². The van der Waals surface area contributed by atoms with Crippen LogP contribution < -0.4 is 31.9 Å². The molecule has 24 nitrogen and oxygen atoms in total. The molecule has 2 fully saturated rings. The molecule has 3 aromatic rings. The number of aromatic hydroxyl groups is 2. The van der Waals surface area contributed by atoms with Crippen LogP contribution in [0.4, 0.5) is 0 Å². The quantitative estimate of drug-likeness (QED) is 0.0637. The molecule has 2 aliphatic rings. The van der Waals surface area contributed by atoms with E-state index in [9.17, 15) is 69.0 Å². The van der Waals surface area contributed by atoms with E-state index in [1.165, 1.54) is 62.5 Å². The van der Waals surface area contributed by atoms with Crippen LogP contribution >= 0.6 is 0 Å². The summed E-state index contributed by atoms with van der Waals surface area (Å²) in [5.41, 5.74) is 1.53. The molecule has 80 heavy (non-hydrogen) atoms. The molecule has 0 radical (unpaired) electrons. The Hall–Kier alpha value is -7.67. The smallest absolute Gasteiger partial charge is 0.329 e. The van der Waals surface area contributed by atoms with Gasteiger partial charge in [0.15, 0.2) is 0 Å². The second-order valence-corrected chi connectivity index (χ2v) is 20.7. The number of esters is 1. The van der Waals surface area contributed by atoms with Crippen molar-refractivity contribution >= 4 is 53.2 Å². The van der Waals surface area contributed by atoms with Gasteiger partial charge in [-0.2, -0.15) is 0 Å². The Balaban J connectivity index is 1.53. The number of aliphatic hydroxyl groups is 4. The van der Waals surface area contributed by atoms with Crippen molar-refractivity contribution in [3.05, 3.63) is 95.6 Å². The molecule has 436 valence electrons. The summed E-state index contributed by atoms with van der Waals surface area (Å²) in [5, 5.41) is 77.6. The molecule has 3 unspecified atom stereocenters. The largest absolute Gasteiger partial charge is 0.508 e. The normalized spacial score (nSPS) is 24.1. The lowest BCUT2D eigenvalue weighted by Crippen LogP contribution is -2.65. The summed E-state index contributed by atoms with van der Waals surface area (Å²) in [7, 11) is 1.32. The van der Waals surface area contributed by atoms with E-state index in [0.29, 0.717) is 23.1 Å². The summed E-state index contributed by atoms with van der Waals surface area (Å²) >= 11 is 0. The van der Waals surface area contributed by atoms with Gasteiger partial charge in [-0.1, -0.05) is 88.7 Å². The van der Waals surface area contributed by atoms with Crippen LogP contribution in [0.25, 0.3) is 0 Å². The lowest BCUT2D eigenvalue weighted by Gasteiger charge is -2.43. The molecule has 0 saturated carbocycles. The van der Waals surface area contributed by atoms with Gasteiger partial charge in [0.2, 0.25) is 47.3 Å². The number of hydrogen-bond acceptors (Lipinski definition) is 16. The van der Waals surface area contributed by atoms with Gasteiger partial charge in [0, 0.05) is 39.5 Å². The van der Waals surface area contributed by atoms with E-state index >= 15 is 4.79 Å². The number of phenols is 2. The number of amides is 8. The number of nitrogens with zero attached hydrogens (tertiary/aromatic N) is 2. The van der Waals surface area contributed by atoms with E-state index in [0.717, 1.165) is 9.80 Å². The Labute approximate surface area is 464 Å². The van der Waals surface area contributed by atoms with Gasteiger partial charge in [-0.3, -0.25) is 38.4 Å². The molecular weight excluding hydrogens is 1040 g/mol. The maximum Gasteiger partial charge on any atom is 0.329 e. The number of fused-ring (bicyclic) bond motifs is 2. The average molecular weight is 1120 g/mol. The van der Waals surface area contributed by atoms with Crippen LogP contribution in [0, 0.1) is 11.8 Å². The maximum absolute atomic E-state index is 15.1. The van der Waals surface area contributed by atoms with Gasteiger partial charge in [0.1, 0.15) is 78.3 Å². The third-order valence-electron chi connectivity index (χ3n) is 14.4. The summed E-state index contributed by atoms with van der Waals surface area (Å²) in [5.74, 6) is -10.3. The summed E-state index contributed by atoms with van der Waals surface area (Å²) in [6.07, 6.45) is -6.28. The molecule has 12 atom stereocenters. The number of benzene rings is 3. The van der Waals surface area contributed by atoms with E-state index in [1.807, 2.05) is 0 Å². The van der Waals surface area contributed by atoms with Crippen molar-refractivity contribution in [2.45, 2.75) is 153 Å². The highest BCUT2D eigenvalue weighted by atomic mass is 16.5. The van der Waals surface area contributed by atoms with Crippen molar-refractivity contribution in [1.29, 1.82) is 0 Å². The average Bonchev–Trinajstić information content (AvgIpc) is 3.42. The highest BCUT2D eigenvalue weighted by molar-refractivity contribution is 5.99. The molecule has 0 spiro atoms. The fourth-order valence-electron chi connectivity index (χ4n) is 9.40. The van der Waals surface area contributed by atoms with E-state index in [2.05, 4.69) is 31.9 Å². The predicted octanol–water partition coefficient (Wildman–Crippen LogP) is -1.06. The number of piperidine rings is 1. The highest BCUT2D eigenvalue weighted by Gasteiger charge is 2.46. The number of hydrogen-bond donors (Lipinski definition) is 12. The second kappa shape index (κ2) is 29.5. The zero-order valence-electron chi connectivity index (χ0n) is 45.7. The van der Waals surface area contributed by atoms with Gasteiger partial charge >= 0.3 is 5.97 Å². The number of rotatable bonds is 19.